The van der Waals surface area contributed by atoms with Crippen LogP contribution in [0.4, 0.5) is 0 Å². The van der Waals surface area contributed by atoms with Crippen molar-refractivity contribution in [2.45, 2.75) is 44.0 Å². The molecule has 2 aromatic rings. The van der Waals surface area contributed by atoms with Gasteiger partial charge in [0.2, 0.25) is 10.0 Å². The maximum absolute atomic E-state index is 12.9. The van der Waals surface area contributed by atoms with Gasteiger partial charge < -0.3 is 4.74 Å². The summed E-state index contributed by atoms with van der Waals surface area (Å²) in [5.41, 5.74) is 0.473. The van der Waals surface area contributed by atoms with E-state index >= 15 is 0 Å². The third-order valence-corrected chi connectivity index (χ3v) is 6.31. The fourth-order valence-corrected chi connectivity index (χ4v) is 4.63. The van der Waals surface area contributed by atoms with Gasteiger partial charge in [-0.3, -0.25) is 0 Å². The van der Waals surface area contributed by atoms with Gasteiger partial charge in [0.1, 0.15) is 17.8 Å². The third-order valence-electron chi connectivity index (χ3n) is 4.82. The monoisotopic (exact) mass is 365 g/mol. The number of rotatable bonds is 5. The van der Waals surface area contributed by atoms with Gasteiger partial charge in [-0.05, 0) is 53.3 Å². The quantitative estimate of drug-likeness (QED) is 0.867. The van der Waals surface area contributed by atoms with Gasteiger partial charge in [-0.15, -0.1) is 5.10 Å². The summed E-state index contributed by atoms with van der Waals surface area (Å²) in [5.74, 6) is 1.34. The highest BCUT2D eigenvalue weighted by molar-refractivity contribution is 7.89. The van der Waals surface area contributed by atoms with Crippen molar-refractivity contribution < 1.29 is 13.2 Å². The highest BCUT2D eigenvalue weighted by Crippen LogP contribution is 2.30. The number of nitrogens with zero attached hydrogens (tertiary/aromatic N) is 4. The van der Waals surface area contributed by atoms with Crippen molar-refractivity contribution in [3.8, 4) is 11.4 Å². The van der Waals surface area contributed by atoms with Crippen LogP contribution in [-0.4, -0.2) is 41.8 Å². The number of benzene rings is 1. The Balaban J connectivity index is 1.91. The maximum atomic E-state index is 12.9. The van der Waals surface area contributed by atoms with Gasteiger partial charge in [0.15, 0.2) is 0 Å². The molecule has 0 unspecified atom stereocenters. The molecule has 1 aromatic heterocycles. The minimum atomic E-state index is -3.64. The zero-order valence-electron chi connectivity index (χ0n) is 14.6. The van der Waals surface area contributed by atoms with Crippen molar-refractivity contribution in [3.63, 3.8) is 0 Å². The summed E-state index contributed by atoms with van der Waals surface area (Å²) in [4.78, 5) is 0.171. The Morgan fingerprint density at radius 2 is 2.08 bits per heavy atom. The first kappa shape index (κ1) is 17.8. The Hall–Kier alpha value is -2.00. The number of aromatic nitrogens is 4. The third kappa shape index (κ3) is 3.82. The standard InChI is InChI=1S/C16H23N5O3S/c1-11-4-5-12(2)14(8-11)18-25(22,23)13-6-7-16(24-3)15(9-13)21-10-17-19-20-21/h6-7,9-12,14,18H,4-5,8H2,1-3H3/t11-,12-,14-/m1/s1. The molecule has 136 valence electrons. The number of nitrogens with one attached hydrogen (secondary N) is 1. The average Bonchev–Trinajstić information content (AvgIpc) is 3.11. The van der Waals surface area contributed by atoms with Crippen LogP contribution in [0.1, 0.15) is 33.1 Å². The van der Waals surface area contributed by atoms with E-state index in [0.717, 1.165) is 19.3 Å². The largest absolute Gasteiger partial charge is 0.494 e. The van der Waals surface area contributed by atoms with Crippen LogP contribution in [0.5, 0.6) is 5.75 Å². The van der Waals surface area contributed by atoms with Crippen molar-refractivity contribution >= 4 is 10.0 Å². The highest BCUT2D eigenvalue weighted by Gasteiger charge is 2.30. The Kier molecular flexibility index (Phi) is 5.05. The molecule has 9 heteroatoms. The summed E-state index contributed by atoms with van der Waals surface area (Å²) in [7, 11) is -2.13. The van der Waals surface area contributed by atoms with Crippen LogP contribution in [0.2, 0.25) is 0 Å². The van der Waals surface area contributed by atoms with Gasteiger partial charge in [-0.25, -0.2) is 13.1 Å². The van der Waals surface area contributed by atoms with Crippen molar-refractivity contribution in [2.24, 2.45) is 11.8 Å². The molecular formula is C16H23N5O3S. The Labute approximate surface area is 147 Å². The summed E-state index contributed by atoms with van der Waals surface area (Å²) >= 11 is 0. The van der Waals surface area contributed by atoms with Crippen LogP contribution in [0, 0.1) is 11.8 Å². The van der Waals surface area contributed by atoms with E-state index in [-0.39, 0.29) is 10.9 Å². The zero-order chi connectivity index (χ0) is 18.0. The van der Waals surface area contributed by atoms with E-state index in [4.69, 9.17) is 4.74 Å². The first-order valence-corrected chi connectivity index (χ1v) is 9.82. The number of tetrazole rings is 1. The summed E-state index contributed by atoms with van der Waals surface area (Å²) in [6, 6.07) is 4.62. The van der Waals surface area contributed by atoms with Crippen molar-refractivity contribution in [1.82, 2.24) is 24.9 Å². The number of methoxy groups -OCH3 is 1. The molecule has 1 aromatic carbocycles. The second-order valence-electron chi connectivity index (χ2n) is 6.71. The molecule has 25 heavy (non-hydrogen) atoms. The normalized spacial score (nSPS) is 24.2. The second-order valence-corrected chi connectivity index (χ2v) is 8.43. The van der Waals surface area contributed by atoms with E-state index < -0.39 is 10.0 Å². The molecule has 3 atom stereocenters. The molecule has 3 rings (SSSR count). The first-order valence-electron chi connectivity index (χ1n) is 8.34. The lowest BCUT2D eigenvalue weighted by atomic mass is 9.81. The van der Waals surface area contributed by atoms with E-state index in [0.29, 0.717) is 23.3 Å². The van der Waals surface area contributed by atoms with Crippen LogP contribution in [0.25, 0.3) is 5.69 Å². The molecule has 0 saturated heterocycles. The van der Waals surface area contributed by atoms with Crippen LogP contribution in [-0.2, 0) is 10.0 Å². The molecule has 0 radical (unpaired) electrons. The Bertz CT molecular complexity index is 822. The van der Waals surface area contributed by atoms with E-state index in [1.54, 1.807) is 6.07 Å². The number of hydrogen-bond acceptors (Lipinski definition) is 6. The first-order chi connectivity index (χ1) is 11.9. The number of hydrogen-bond donors (Lipinski definition) is 1. The lowest BCUT2D eigenvalue weighted by Crippen LogP contribution is -2.42. The SMILES string of the molecule is COc1ccc(S(=O)(=O)N[C@@H]2C[C@H](C)CC[C@H]2C)cc1-n1cnnn1. The van der Waals surface area contributed by atoms with Crippen molar-refractivity contribution in [3.05, 3.63) is 24.5 Å². The molecule has 8 nitrogen and oxygen atoms in total. The zero-order valence-corrected chi connectivity index (χ0v) is 15.4. The molecule has 1 N–H and O–H groups in total. The second kappa shape index (κ2) is 7.09. The fraction of sp³-hybridized carbons (Fsp3) is 0.562. The summed E-state index contributed by atoms with van der Waals surface area (Å²) < 4.78 is 35.3. The van der Waals surface area contributed by atoms with Crippen LogP contribution < -0.4 is 9.46 Å². The summed E-state index contributed by atoms with van der Waals surface area (Å²) in [5, 5.41) is 11.0. The number of sulfonamides is 1. The smallest absolute Gasteiger partial charge is 0.240 e. The minimum Gasteiger partial charge on any atom is -0.494 e. The molecule has 1 heterocycles. The summed E-state index contributed by atoms with van der Waals surface area (Å²) in [6.45, 7) is 4.26. The molecule has 1 aliphatic carbocycles. The average molecular weight is 365 g/mol. The molecule has 1 fully saturated rings. The van der Waals surface area contributed by atoms with Gasteiger partial charge in [0.25, 0.3) is 0 Å². The molecular weight excluding hydrogens is 342 g/mol. The maximum Gasteiger partial charge on any atom is 0.240 e. The van der Waals surface area contributed by atoms with E-state index in [9.17, 15) is 8.42 Å². The molecule has 0 aliphatic heterocycles. The Morgan fingerprint density at radius 3 is 2.76 bits per heavy atom. The molecule has 0 amide bonds. The highest BCUT2D eigenvalue weighted by atomic mass is 32.2. The topological polar surface area (TPSA) is 99.0 Å². The predicted molar refractivity (Wildman–Crippen MR) is 92.0 cm³/mol. The predicted octanol–water partition coefficient (Wildman–Crippen LogP) is 1.77. The van der Waals surface area contributed by atoms with Crippen molar-refractivity contribution in [1.29, 1.82) is 0 Å². The van der Waals surface area contributed by atoms with Crippen LogP contribution in [0.3, 0.4) is 0 Å². The van der Waals surface area contributed by atoms with E-state index in [2.05, 4.69) is 34.1 Å². The van der Waals surface area contributed by atoms with Gasteiger partial charge in [-0.1, -0.05) is 20.3 Å². The van der Waals surface area contributed by atoms with Gasteiger partial charge in [0, 0.05) is 6.04 Å². The van der Waals surface area contributed by atoms with Crippen LogP contribution in [0.15, 0.2) is 29.4 Å². The van der Waals surface area contributed by atoms with E-state index in [1.807, 2.05) is 0 Å². The fourth-order valence-electron chi connectivity index (χ4n) is 3.25. The molecule has 1 saturated carbocycles. The van der Waals surface area contributed by atoms with E-state index in [1.165, 1.54) is 30.3 Å². The molecule has 1 aliphatic rings. The summed E-state index contributed by atoms with van der Waals surface area (Å²) in [6.07, 6.45) is 4.43. The van der Waals surface area contributed by atoms with Gasteiger partial charge in [0.05, 0.1) is 12.0 Å². The molecule has 0 spiro atoms. The number of ether oxygens (including phenoxy) is 1. The van der Waals surface area contributed by atoms with Crippen LogP contribution >= 0.6 is 0 Å². The Morgan fingerprint density at radius 1 is 1.28 bits per heavy atom. The van der Waals surface area contributed by atoms with Gasteiger partial charge >= 0.3 is 0 Å². The minimum absolute atomic E-state index is 0.0488. The lowest BCUT2D eigenvalue weighted by Gasteiger charge is -2.33. The van der Waals surface area contributed by atoms with Crippen molar-refractivity contribution in [2.75, 3.05) is 7.11 Å². The van der Waals surface area contributed by atoms with Gasteiger partial charge in [-0.2, -0.15) is 4.68 Å². The molecule has 0 bridgehead atoms. The lowest BCUT2D eigenvalue weighted by molar-refractivity contribution is 0.251.